The predicted molar refractivity (Wildman–Crippen MR) is 85.8 cm³/mol. The molecule has 0 amide bonds. The van der Waals surface area contributed by atoms with Gasteiger partial charge in [0.15, 0.2) is 0 Å². The lowest BCUT2D eigenvalue weighted by atomic mass is 10.1. The Morgan fingerprint density at radius 1 is 1.05 bits per heavy atom. The van der Waals surface area contributed by atoms with E-state index >= 15 is 0 Å². The van der Waals surface area contributed by atoms with Crippen molar-refractivity contribution in [2.45, 2.75) is 83.7 Å². The Kier molecular flexibility index (Phi) is 14.5. The van der Waals surface area contributed by atoms with Crippen LogP contribution in [-0.4, -0.2) is 17.2 Å². The molecule has 3 nitrogen and oxygen atoms in total. The molecule has 0 fully saturated rings. The SMILES string of the molecule is CCCCC/C=C\C=C\[C@H](O)CCCCCCCC(=O)[O-]. The van der Waals surface area contributed by atoms with Crippen LogP contribution in [0.15, 0.2) is 24.3 Å². The molecule has 0 saturated carbocycles. The summed E-state index contributed by atoms with van der Waals surface area (Å²) in [5.74, 6) is -0.960. The van der Waals surface area contributed by atoms with E-state index in [-0.39, 0.29) is 12.5 Å². The van der Waals surface area contributed by atoms with Crippen molar-refractivity contribution < 1.29 is 15.0 Å². The van der Waals surface area contributed by atoms with Gasteiger partial charge in [0.2, 0.25) is 0 Å². The molecule has 0 bridgehead atoms. The molecule has 122 valence electrons. The van der Waals surface area contributed by atoms with Gasteiger partial charge in [-0.3, -0.25) is 0 Å². The fourth-order valence-corrected chi connectivity index (χ4v) is 2.13. The second kappa shape index (κ2) is 15.3. The van der Waals surface area contributed by atoms with Crippen molar-refractivity contribution in [1.29, 1.82) is 0 Å². The zero-order chi connectivity index (χ0) is 15.8. The number of carbonyl (C=O) groups is 1. The lowest BCUT2D eigenvalue weighted by Crippen LogP contribution is -2.21. The highest BCUT2D eigenvalue weighted by atomic mass is 16.4. The van der Waals surface area contributed by atoms with Gasteiger partial charge < -0.3 is 15.0 Å². The molecule has 0 aromatic carbocycles. The van der Waals surface area contributed by atoms with Crippen molar-refractivity contribution in [3.05, 3.63) is 24.3 Å². The van der Waals surface area contributed by atoms with Crippen molar-refractivity contribution in [3.8, 4) is 0 Å². The van der Waals surface area contributed by atoms with Gasteiger partial charge in [0.25, 0.3) is 0 Å². The van der Waals surface area contributed by atoms with E-state index in [1.54, 1.807) is 0 Å². The summed E-state index contributed by atoms with van der Waals surface area (Å²) in [6, 6.07) is 0. The largest absolute Gasteiger partial charge is 0.550 e. The number of aliphatic hydroxyl groups is 1. The molecule has 0 radical (unpaired) electrons. The van der Waals surface area contributed by atoms with Crippen LogP contribution >= 0.6 is 0 Å². The number of hydrogen-bond acceptors (Lipinski definition) is 3. The molecule has 0 rings (SSSR count). The van der Waals surface area contributed by atoms with E-state index in [0.717, 1.165) is 38.5 Å². The van der Waals surface area contributed by atoms with E-state index < -0.39 is 5.97 Å². The van der Waals surface area contributed by atoms with Crippen molar-refractivity contribution in [3.63, 3.8) is 0 Å². The fourth-order valence-electron chi connectivity index (χ4n) is 2.13. The average Bonchev–Trinajstić information content (AvgIpc) is 2.45. The average molecular weight is 295 g/mol. The fraction of sp³-hybridized carbons (Fsp3) is 0.722. The maximum atomic E-state index is 10.2. The third kappa shape index (κ3) is 16.9. The number of carboxylic acid groups (broad SMARTS) is 1. The normalized spacial score (nSPS) is 13.2. The zero-order valence-corrected chi connectivity index (χ0v) is 13.4. The number of carbonyl (C=O) groups excluding carboxylic acids is 1. The van der Waals surface area contributed by atoms with E-state index in [1.165, 1.54) is 19.3 Å². The van der Waals surface area contributed by atoms with Gasteiger partial charge in [-0.25, -0.2) is 0 Å². The lowest BCUT2D eigenvalue weighted by molar-refractivity contribution is -0.305. The molecule has 0 saturated heterocycles. The standard InChI is InChI=1S/C18H32O3/c1-2-3-4-5-6-8-11-14-17(19)15-12-9-7-10-13-16-18(20)21/h6,8,11,14,17,19H,2-5,7,9-10,12-13,15-16H2,1H3,(H,20,21)/p-1/b8-6-,14-11+/t17-/m0/s1. The van der Waals surface area contributed by atoms with Crippen LogP contribution in [0.1, 0.15) is 77.6 Å². The Morgan fingerprint density at radius 2 is 1.76 bits per heavy atom. The number of hydrogen-bond donors (Lipinski definition) is 1. The first-order valence-corrected chi connectivity index (χ1v) is 8.38. The Hall–Kier alpha value is -1.09. The Bertz CT molecular complexity index is 295. The molecule has 21 heavy (non-hydrogen) atoms. The molecule has 0 spiro atoms. The molecule has 0 aromatic rings. The number of rotatable bonds is 14. The van der Waals surface area contributed by atoms with Crippen molar-refractivity contribution in [2.75, 3.05) is 0 Å². The first kappa shape index (κ1) is 19.9. The molecule has 0 aromatic heterocycles. The summed E-state index contributed by atoms with van der Waals surface area (Å²) >= 11 is 0. The van der Waals surface area contributed by atoms with E-state index in [4.69, 9.17) is 0 Å². The van der Waals surface area contributed by atoms with Crippen LogP contribution in [0.2, 0.25) is 0 Å². The molecule has 3 heteroatoms. The van der Waals surface area contributed by atoms with E-state index in [9.17, 15) is 15.0 Å². The third-order valence-electron chi connectivity index (χ3n) is 3.44. The van der Waals surface area contributed by atoms with Gasteiger partial charge in [0.1, 0.15) is 0 Å². The Morgan fingerprint density at radius 3 is 2.48 bits per heavy atom. The van der Waals surface area contributed by atoms with Gasteiger partial charge in [-0.1, -0.05) is 69.8 Å². The molecule has 0 unspecified atom stereocenters. The summed E-state index contributed by atoms with van der Waals surface area (Å²) in [6.07, 6.45) is 18.1. The summed E-state index contributed by atoms with van der Waals surface area (Å²) in [5.41, 5.74) is 0. The van der Waals surface area contributed by atoms with Gasteiger partial charge in [-0.05, 0) is 32.1 Å². The zero-order valence-electron chi connectivity index (χ0n) is 13.4. The number of allylic oxidation sites excluding steroid dienone is 3. The van der Waals surface area contributed by atoms with Gasteiger partial charge in [0.05, 0.1) is 6.10 Å². The number of unbranched alkanes of at least 4 members (excludes halogenated alkanes) is 7. The van der Waals surface area contributed by atoms with Crippen LogP contribution in [0.25, 0.3) is 0 Å². The highest BCUT2D eigenvalue weighted by Gasteiger charge is 1.98. The van der Waals surface area contributed by atoms with Crippen molar-refractivity contribution >= 4 is 5.97 Å². The van der Waals surface area contributed by atoms with Crippen LogP contribution in [0.5, 0.6) is 0 Å². The maximum Gasteiger partial charge on any atom is 0.0723 e. The molecule has 0 aliphatic carbocycles. The van der Waals surface area contributed by atoms with Gasteiger partial charge in [-0.15, -0.1) is 0 Å². The maximum absolute atomic E-state index is 10.2. The Balaban J connectivity index is 3.40. The number of carboxylic acids is 1. The minimum atomic E-state index is -0.960. The van der Waals surface area contributed by atoms with E-state index in [2.05, 4.69) is 13.0 Å². The highest BCUT2D eigenvalue weighted by molar-refractivity contribution is 5.63. The lowest BCUT2D eigenvalue weighted by Gasteiger charge is -2.05. The highest BCUT2D eigenvalue weighted by Crippen LogP contribution is 2.09. The molecular weight excluding hydrogens is 264 g/mol. The second-order valence-electron chi connectivity index (χ2n) is 5.55. The topological polar surface area (TPSA) is 60.4 Å². The first-order valence-electron chi connectivity index (χ1n) is 8.38. The van der Waals surface area contributed by atoms with Crippen LogP contribution in [0.4, 0.5) is 0 Å². The summed E-state index contributed by atoms with van der Waals surface area (Å²) in [4.78, 5) is 10.2. The summed E-state index contributed by atoms with van der Waals surface area (Å²) in [6.45, 7) is 2.20. The predicted octanol–water partition coefficient (Wildman–Crippen LogP) is 3.52. The monoisotopic (exact) mass is 295 g/mol. The number of aliphatic hydroxyl groups excluding tert-OH is 1. The molecule has 0 aliphatic heterocycles. The molecular formula is C18H31O3-. The Labute approximate surface area is 129 Å². The smallest absolute Gasteiger partial charge is 0.0723 e. The van der Waals surface area contributed by atoms with E-state index in [0.29, 0.717) is 6.42 Å². The van der Waals surface area contributed by atoms with Gasteiger partial charge in [0, 0.05) is 5.97 Å². The summed E-state index contributed by atoms with van der Waals surface area (Å²) in [5, 5.41) is 20.0. The van der Waals surface area contributed by atoms with Crippen molar-refractivity contribution in [1.82, 2.24) is 0 Å². The van der Waals surface area contributed by atoms with Crippen LogP contribution < -0.4 is 5.11 Å². The third-order valence-corrected chi connectivity index (χ3v) is 3.44. The first-order chi connectivity index (χ1) is 10.2. The quantitative estimate of drug-likeness (QED) is 0.394. The van der Waals surface area contributed by atoms with Crippen LogP contribution in [-0.2, 0) is 4.79 Å². The molecule has 0 heterocycles. The van der Waals surface area contributed by atoms with Crippen LogP contribution in [0, 0.1) is 0 Å². The minimum Gasteiger partial charge on any atom is -0.550 e. The van der Waals surface area contributed by atoms with Crippen LogP contribution in [0.3, 0.4) is 0 Å². The van der Waals surface area contributed by atoms with E-state index in [1.807, 2.05) is 18.2 Å². The second-order valence-corrected chi connectivity index (χ2v) is 5.55. The van der Waals surface area contributed by atoms with Crippen molar-refractivity contribution in [2.24, 2.45) is 0 Å². The molecule has 1 N–H and O–H groups in total. The summed E-state index contributed by atoms with van der Waals surface area (Å²) in [7, 11) is 0. The minimum absolute atomic E-state index is 0.163. The number of aliphatic carboxylic acids is 1. The summed E-state index contributed by atoms with van der Waals surface area (Å²) < 4.78 is 0. The van der Waals surface area contributed by atoms with Gasteiger partial charge in [-0.2, -0.15) is 0 Å². The van der Waals surface area contributed by atoms with Gasteiger partial charge >= 0.3 is 0 Å². The molecule has 0 aliphatic rings. The molecule has 1 atom stereocenters.